The highest BCUT2D eigenvalue weighted by Gasteiger charge is 2.25. The Balaban J connectivity index is 2.21. The van der Waals surface area contributed by atoms with E-state index in [1.165, 1.54) is 57.2 Å². The SMILES string of the molecule is CCCC1CCCCCC(C)C2=C1NCCS2. The minimum absolute atomic E-state index is 0.792. The fourth-order valence-electron chi connectivity index (χ4n) is 3.20. The van der Waals surface area contributed by atoms with Crippen LogP contribution in [0.2, 0.25) is 0 Å². The van der Waals surface area contributed by atoms with Gasteiger partial charge in [-0.2, -0.15) is 0 Å². The molecule has 0 aromatic heterocycles. The Morgan fingerprint density at radius 3 is 2.88 bits per heavy atom. The summed E-state index contributed by atoms with van der Waals surface area (Å²) >= 11 is 2.13. The predicted molar refractivity (Wildman–Crippen MR) is 78.1 cm³/mol. The highest BCUT2D eigenvalue weighted by Crippen LogP contribution is 2.39. The van der Waals surface area contributed by atoms with Crippen LogP contribution >= 0.6 is 11.8 Å². The molecule has 1 N–H and O–H groups in total. The Hall–Kier alpha value is -0.110. The average Bonchev–Trinajstić information content (AvgIpc) is 2.43. The number of hydrogen-bond acceptors (Lipinski definition) is 2. The quantitative estimate of drug-likeness (QED) is 0.775. The monoisotopic (exact) mass is 253 g/mol. The molecule has 2 aliphatic rings. The fraction of sp³-hybridized carbons (Fsp3) is 0.867. The first kappa shape index (κ1) is 13.3. The Kier molecular flexibility index (Phi) is 5.27. The second-order valence-electron chi connectivity index (χ2n) is 5.58. The van der Waals surface area contributed by atoms with E-state index >= 15 is 0 Å². The molecule has 0 amide bonds. The molecule has 98 valence electrons. The first-order valence-electron chi connectivity index (χ1n) is 7.43. The van der Waals surface area contributed by atoms with Crippen LogP contribution in [0.4, 0.5) is 0 Å². The number of nitrogens with one attached hydrogen (secondary N) is 1. The van der Waals surface area contributed by atoms with Crippen molar-refractivity contribution < 1.29 is 0 Å². The van der Waals surface area contributed by atoms with E-state index in [1.54, 1.807) is 10.6 Å². The van der Waals surface area contributed by atoms with Gasteiger partial charge in [-0.1, -0.05) is 39.5 Å². The molecule has 2 atom stereocenters. The summed E-state index contributed by atoms with van der Waals surface area (Å²) in [6.45, 7) is 5.94. The molecular weight excluding hydrogens is 226 g/mol. The van der Waals surface area contributed by atoms with Crippen molar-refractivity contribution in [3.8, 4) is 0 Å². The second kappa shape index (κ2) is 6.72. The predicted octanol–water partition coefficient (Wildman–Crippen LogP) is 4.55. The van der Waals surface area contributed by atoms with Gasteiger partial charge >= 0.3 is 0 Å². The molecule has 1 aliphatic carbocycles. The van der Waals surface area contributed by atoms with E-state index in [9.17, 15) is 0 Å². The molecular formula is C15H27NS. The van der Waals surface area contributed by atoms with E-state index in [-0.39, 0.29) is 0 Å². The van der Waals surface area contributed by atoms with Crippen molar-refractivity contribution in [2.45, 2.75) is 58.8 Å². The molecule has 0 saturated carbocycles. The van der Waals surface area contributed by atoms with Gasteiger partial charge in [-0.25, -0.2) is 0 Å². The van der Waals surface area contributed by atoms with Crippen LogP contribution in [0.1, 0.15) is 58.8 Å². The van der Waals surface area contributed by atoms with Crippen LogP contribution in [0, 0.1) is 11.8 Å². The van der Waals surface area contributed by atoms with E-state index in [0.29, 0.717) is 0 Å². The summed E-state index contributed by atoms with van der Waals surface area (Å²) < 4.78 is 0. The van der Waals surface area contributed by atoms with Gasteiger partial charge in [0.2, 0.25) is 0 Å². The van der Waals surface area contributed by atoms with E-state index in [4.69, 9.17) is 0 Å². The van der Waals surface area contributed by atoms with Crippen LogP contribution in [0.15, 0.2) is 10.6 Å². The fourth-order valence-corrected chi connectivity index (χ4v) is 4.42. The zero-order chi connectivity index (χ0) is 12.1. The maximum absolute atomic E-state index is 3.74. The molecule has 0 spiro atoms. The lowest BCUT2D eigenvalue weighted by Gasteiger charge is -2.30. The molecule has 0 aromatic rings. The van der Waals surface area contributed by atoms with Gasteiger partial charge < -0.3 is 5.32 Å². The normalized spacial score (nSPS) is 30.9. The highest BCUT2D eigenvalue weighted by molar-refractivity contribution is 8.03. The van der Waals surface area contributed by atoms with E-state index in [2.05, 4.69) is 30.9 Å². The van der Waals surface area contributed by atoms with Crippen LogP contribution in [0.3, 0.4) is 0 Å². The van der Waals surface area contributed by atoms with Crippen LogP contribution in [0.5, 0.6) is 0 Å². The van der Waals surface area contributed by atoms with Crippen molar-refractivity contribution in [1.82, 2.24) is 5.32 Å². The van der Waals surface area contributed by atoms with Gasteiger partial charge in [-0.05, 0) is 31.1 Å². The van der Waals surface area contributed by atoms with Gasteiger partial charge in [0, 0.05) is 22.9 Å². The average molecular weight is 253 g/mol. The first-order valence-corrected chi connectivity index (χ1v) is 8.42. The second-order valence-corrected chi connectivity index (χ2v) is 6.71. The molecule has 0 aromatic carbocycles. The molecule has 1 aliphatic heterocycles. The highest BCUT2D eigenvalue weighted by atomic mass is 32.2. The van der Waals surface area contributed by atoms with Crippen molar-refractivity contribution in [1.29, 1.82) is 0 Å². The molecule has 2 unspecified atom stereocenters. The Labute approximate surface area is 111 Å². The van der Waals surface area contributed by atoms with Gasteiger partial charge in [0.05, 0.1) is 0 Å². The summed E-state index contributed by atoms with van der Waals surface area (Å²) in [6.07, 6.45) is 9.80. The lowest BCUT2D eigenvalue weighted by atomic mass is 9.92. The van der Waals surface area contributed by atoms with Crippen molar-refractivity contribution in [3.63, 3.8) is 0 Å². The van der Waals surface area contributed by atoms with Gasteiger partial charge in [0.25, 0.3) is 0 Å². The maximum Gasteiger partial charge on any atom is 0.0238 e. The molecule has 17 heavy (non-hydrogen) atoms. The molecule has 2 rings (SSSR count). The first-order chi connectivity index (χ1) is 8.33. The van der Waals surface area contributed by atoms with Crippen LogP contribution in [0.25, 0.3) is 0 Å². The van der Waals surface area contributed by atoms with Crippen LogP contribution < -0.4 is 5.32 Å². The molecule has 0 fully saturated rings. The number of thioether (sulfide) groups is 1. The van der Waals surface area contributed by atoms with Crippen LogP contribution in [-0.4, -0.2) is 12.3 Å². The van der Waals surface area contributed by atoms with Crippen molar-refractivity contribution in [2.24, 2.45) is 11.8 Å². The minimum atomic E-state index is 0.792. The molecule has 0 radical (unpaired) electrons. The van der Waals surface area contributed by atoms with Gasteiger partial charge in [0.1, 0.15) is 0 Å². The largest absolute Gasteiger partial charge is 0.387 e. The standard InChI is InChI=1S/C15H27NS/c1-3-7-13-9-6-4-5-8-12(2)15-14(13)16-10-11-17-15/h12-13,16H,3-11H2,1-2H3. The summed E-state index contributed by atoms with van der Waals surface area (Å²) in [4.78, 5) is 1.71. The Morgan fingerprint density at radius 1 is 1.24 bits per heavy atom. The minimum Gasteiger partial charge on any atom is -0.387 e. The smallest absolute Gasteiger partial charge is 0.0238 e. The van der Waals surface area contributed by atoms with E-state index < -0.39 is 0 Å². The third kappa shape index (κ3) is 3.43. The van der Waals surface area contributed by atoms with Crippen molar-refractivity contribution >= 4 is 11.8 Å². The van der Waals surface area contributed by atoms with E-state index in [0.717, 1.165) is 11.8 Å². The molecule has 1 heterocycles. The van der Waals surface area contributed by atoms with Crippen molar-refractivity contribution in [3.05, 3.63) is 10.6 Å². The summed E-state index contributed by atoms with van der Waals surface area (Å²) in [5, 5.41) is 3.74. The summed E-state index contributed by atoms with van der Waals surface area (Å²) in [5.41, 5.74) is 1.64. The summed E-state index contributed by atoms with van der Waals surface area (Å²) in [7, 11) is 0. The summed E-state index contributed by atoms with van der Waals surface area (Å²) in [5.74, 6) is 2.88. The summed E-state index contributed by atoms with van der Waals surface area (Å²) in [6, 6.07) is 0. The Morgan fingerprint density at radius 2 is 2.06 bits per heavy atom. The van der Waals surface area contributed by atoms with Gasteiger partial charge in [-0.15, -0.1) is 11.8 Å². The number of allylic oxidation sites excluding steroid dienone is 2. The van der Waals surface area contributed by atoms with E-state index in [1.807, 2.05) is 0 Å². The van der Waals surface area contributed by atoms with Gasteiger partial charge in [0.15, 0.2) is 0 Å². The maximum atomic E-state index is 3.74. The third-order valence-corrected chi connectivity index (χ3v) is 5.46. The van der Waals surface area contributed by atoms with Crippen molar-refractivity contribution in [2.75, 3.05) is 12.3 Å². The lowest BCUT2D eigenvalue weighted by molar-refractivity contribution is 0.457. The zero-order valence-electron chi connectivity index (χ0n) is 11.4. The third-order valence-electron chi connectivity index (χ3n) is 4.12. The topological polar surface area (TPSA) is 12.0 Å². The molecule has 0 saturated heterocycles. The molecule has 2 heteroatoms. The number of hydrogen-bond donors (Lipinski definition) is 1. The molecule has 0 bridgehead atoms. The lowest BCUT2D eigenvalue weighted by Crippen LogP contribution is -2.29. The zero-order valence-corrected chi connectivity index (χ0v) is 12.2. The van der Waals surface area contributed by atoms with Crippen LogP contribution in [-0.2, 0) is 0 Å². The Bertz CT molecular complexity index is 272. The van der Waals surface area contributed by atoms with Gasteiger partial charge in [-0.3, -0.25) is 0 Å². The molecule has 1 nitrogen and oxygen atoms in total. The number of rotatable bonds is 2.